The molecule has 2 aliphatic heterocycles. The van der Waals surface area contributed by atoms with Gasteiger partial charge in [-0.05, 0) is 123 Å². The Morgan fingerprint density at radius 3 is 1.51 bits per heavy atom. The zero-order valence-corrected chi connectivity index (χ0v) is 29.3. The Balaban J connectivity index is 0.000000192. The van der Waals surface area contributed by atoms with E-state index in [0.29, 0.717) is 30.3 Å². The maximum Gasteiger partial charge on any atom is 0.338 e. The van der Waals surface area contributed by atoms with Crippen molar-refractivity contribution in [3.63, 3.8) is 0 Å². The summed E-state index contributed by atoms with van der Waals surface area (Å²) in [6.07, 6.45) is 6.63. The highest BCUT2D eigenvalue weighted by Crippen LogP contribution is 2.25. The Labute approximate surface area is 301 Å². The molecule has 2 heterocycles. The second kappa shape index (κ2) is 22.3. The van der Waals surface area contributed by atoms with Gasteiger partial charge in [0.05, 0.1) is 11.1 Å². The number of nitrogens with one attached hydrogen (secondary N) is 1. The molecule has 4 aromatic carbocycles. The first kappa shape index (κ1) is 39.2. The van der Waals surface area contributed by atoms with Gasteiger partial charge in [-0.15, -0.1) is 0 Å². The Hall–Kier alpha value is -4.57. The van der Waals surface area contributed by atoms with Crippen molar-refractivity contribution in [2.24, 2.45) is 11.8 Å². The average molecular weight is 699 g/mol. The summed E-state index contributed by atoms with van der Waals surface area (Å²) in [6, 6.07) is 32.0. The van der Waals surface area contributed by atoms with Crippen molar-refractivity contribution >= 4 is 17.6 Å². The SMILES string of the molecule is O=C(OCc1ccccc1)c1ccc(F)cc1.O=C(OCc1ccccc1)c1ccc(N2CCC(CCO)CC2)cc1.OCCC1CCNCC1. The van der Waals surface area contributed by atoms with Crippen LogP contribution < -0.4 is 10.2 Å². The first-order valence-electron chi connectivity index (χ1n) is 17.9. The van der Waals surface area contributed by atoms with Crippen LogP contribution in [-0.4, -0.2) is 61.5 Å². The standard InChI is InChI=1S/C21H25NO3.C14H11FO2.C7H15NO/c23-15-12-17-10-13-22(14-11-17)20-8-6-19(7-9-20)21(24)25-16-18-4-2-1-3-5-18;15-13-8-6-12(7-9-13)14(16)17-10-11-4-2-1-3-5-11;9-6-3-7-1-4-8-5-2-7/h1-9,17,23H,10-16H2;1-9H,10H2;7-9H,1-6H2. The van der Waals surface area contributed by atoms with Crippen molar-refractivity contribution < 1.29 is 33.7 Å². The third kappa shape index (κ3) is 14.3. The molecule has 0 amide bonds. The van der Waals surface area contributed by atoms with Gasteiger partial charge in [-0.3, -0.25) is 0 Å². The van der Waals surface area contributed by atoms with Crippen molar-refractivity contribution in [3.8, 4) is 0 Å². The van der Waals surface area contributed by atoms with Crippen LogP contribution >= 0.6 is 0 Å². The molecule has 0 saturated carbocycles. The first-order valence-corrected chi connectivity index (χ1v) is 17.9. The Kier molecular flexibility index (Phi) is 17.1. The molecule has 0 aliphatic carbocycles. The lowest BCUT2D eigenvalue weighted by Crippen LogP contribution is -2.33. The highest BCUT2D eigenvalue weighted by Gasteiger charge is 2.19. The number of piperidine rings is 2. The van der Waals surface area contributed by atoms with E-state index in [1.807, 2.05) is 84.9 Å². The van der Waals surface area contributed by atoms with Crippen LogP contribution in [0.5, 0.6) is 0 Å². The molecule has 3 N–H and O–H groups in total. The summed E-state index contributed by atoms with van der Waals surface area (Å²) >= 11 is 0. The molecule has 51 heavy (non-hydrogen) atoms. The maximum atomic E-state index is 12.6. The van der Waals surface area contributed by atoms with Crippen molar-refractivity contribution in [1.29, 1.82) is 0 Å². The number of benzene rings is 4. The Morgan fingerprint density at radius 1 is 0.627 bits per heavy atom. The van der Waals surface area contributed by atoms with Gasteiger partial charge < -0.3 is 29.9 Å². The van der Waals surface area contributed by atoms with Gasteiger partial charge >= 0.3 is 11.9 Å². The number of ether oxygens (including phenoxy) is 2. The fraction of sp³-hybridized carbons (Fsp3) is 0.381. The lowest BCUT2D eigenvalue weighted by molar-refractivity contribution is 0.0464. The minimum atomic E-state index is -0.450. The van der Waals surface area contributed by atoms with Gasteiger partial charge in [0.25, 0.3) is 0 Å². The molecule has 0 aromatic heterocycles. The van der Waals surface area contributed by atoms with E-state index in [-0.39, 0.29) is 25.0 Å². The molecule has 2 saturated heterocycles. The summed E-state index contributed by atoms with van der Waals surface area (Å²) in [5.74, 6) is 0.306. The predicted octanol–water partition coefficient (Wildman–Crippen LogP) is 7.19. The number of aliphatic hydroxyl groups excluding tert-OH is 2. The molecule has 2 fully saturated rings. The zero-order valence-electron chi connectivity index (χ0n) is 29.3. The van der Waals surface area contributed by atoms with Crippen LogP contribution in [-0.2, 0) is 22.7 Å². The summed E-state index contributed by atoms with van der Waals surface area (Å²) in [5.41, 5.74) is 3.97. The molecule has 8 nitrogen and oxygen atoms in total. The van der Waals surface area contributed by atoms with Crippen LogP contribution in [0.25, 0.3) is 0 Å². The lowest BCUT2D eigenvalue weighted by Gasteiger charge is -2.33. The van der Waals surface area contributed by atoms with Crippen LogP contribution in [0.1, 0.15) is 70.4 Å². The average Bonchev–Trinajstić information content (AvgIpc) is 3.19. The molecule has 9 heteroatoms. The van der Waals surface area contributed by atoms with Gasteiger partial charge in [-0.25, -0.2) is 14.0 Å². The molecular weight excluding hydrogens is 647 g/mol. The maximum absolute atomic E-state index is 12.6. The van der Waals surface area contributed by atoms with E-state index in [1.54, 1.807) is 0 Å². The molecule has 272 valence electrons. The smallest absolute Gasteiger partial charge is 0.338 e. The molecule has 4 aromatic rings. The van der Waals surface area contributed by atoms with E-state index in [0.717, 1.165) is 74.6 Å². The summed E-state index contributed by atoms with van der Waals surface area (Å²) in [4.78, 5) is 26.1. The molecule has 0 spiro atoms. The zero-order chi connectivity index (χ0) is 36.1. The van der Waals surface area contributed by atoms with E-state index in [9.17, 15) is 14.0 Å². The Bertz CT molecular complexity index is 1540. The van der Waals surface area contributed by atoms with Crippen LogP contribution in [0.3, 0.4) is 0 Å². The number of esters is 2. The van der Waals surface area contributed by atoms with Crippen LogP contribution in [0.15, 0.2) is 109 Å². The second-order valence-electron chi connectivity index (χ2n) is 12.8. The fourth-order valence-electron chi connectivity index (χ4n) is 6.02. The van der Waals surface area contributed by atoms with Crippen molar-refractivity contribution in [1.82, 2.24) is 5.32 Å². The predicted molar refractivity (Wildman–Crippen MR) is 198 cm³/mol. The number of hydrogen-bond donors (Lipinski definition) is 3. The van der Waals surface area contributed by atoms with Crippen LogP contribution in [0.4, 0.5) is 10.1 Å². The highest BCUT2D eigenvalue weighted by molar-refractivity contribution is 5.90. The highest BCUT2D eigenvalue weighted by atomic mass is 19.1. The summed E-state index contributed by atoms with van der Waals surface area (Å²) < 4.78 is 23.1. The number of carbonyl (C=O) groups excluding carboxylic acids is 2. The third-order valence-electron chi connectivity index (χ3n) is 9.12. The van der Waals surface area contributed by atoms with Crippen molar-refractivity contribution in [2.45, 2.75) is 51.7 Å². The second-order valence-corrected chi connectivity index (χ2v) is 12.8. The fourth-order valence-corrected chi connectivity index (χ4v) is 6.02. The molecule has 0 unspecified atom stereocenters. The minimum absolute atomic E-state index is 0.219. The van der Waals surface area contributed by atoms with Gasteiger partial charge in [0.1, 0.15) is 19.0 Å². The normalized spacial score (nSPS) is 14.7. The number of hydrogen-bond acceptors (Lipinski definition) is 8. The van der Waals surface area contributed by atoms with Crippen LogP contribution in [0.2, 0.25) is 0 Å². The number of nitrogens with zero attached hydrogens (tertiary/aromatic N) is 1. The third-order valence-corrected chi connectivity index (χ3v) is 9.12. The molecule has 0 radical (unpaired) electrons. The number of aliphatic hydroxyl groups is 2. The van der Waals surface area contributed by atoms with Gasteiger partial charge in [-0.1, -0.05) is 60.7 Å². The van der Waals surface area contributed by atoms with Crippen molar-refractivity contribution in [3.05, 3.63) is 137 Å². The first-order chi connectivity index (χ1) is 24.9. The number of carbonyl (C=O) groups is 2. The molecule has 6 rings (SSSR count). The van der Waals surface area contributed by atoms with E-state index in [2.05, 4.69) is 10.2 Å². The topological polar surface area (TPSA) is 108 Å². The number of halogens is 1. The van der Waals surface area contributed by atoms with Gasteiger partial charge in [0, 0.05) is 32.0 Å². The van der Waals surface area contributed by atoms with E-state index >= 15 is 0 Å². The molecule has 0 bridgehead atoms. The summed E-state index contributed by atoms with van der Waals surface area (Å²) in [6.45, 7) is 5.45. The van der Waals surface area contributed by atoms with Crippen LogP contribution in [0, 0.1) is 17.7 Å². The summed E-state index contributed by atoms with van der Waals surface area (Å²) in [7, 11) is 0. The van der Waals surface area contributed by atoms with E-state index < -0.39 is 5.97 Å². The largest absolute Gasteiger partial charge is 0.457 e. The summed E-state index contributed by atoms with van der Waals surface area (Å²) in [5, 5.41) is 20.9. The number of anilines is 1. The van der Waals surface area contributed by atoms with Crippen molar-refractivity contribution in [2.75, 3.05) is 44.3 Å². The number of rotatable bonds is 11. The monoisotopic (exact) mass is 698 g/mol. The molecular formula is C42H51FN2O6. The van der Waals surface area contributed by atoms with E-state index in [1.165, 1.54) is 37.1 Å². The Morgan fingerprint density at radius 2 is 1.06 bits per heavy atom. The van der Waals surface area contributed by atoms with Gasteiger partial charge in [0.2, 0.25) is 0 Å². The van der Waals surface area contributed by atoms with Gasteiger partial charge in [0.15, 0.2) is 0 Å². The van der Waals surface area contributed by atoms with Gasteiger partial charge in [-0.2, -0.15) is 0 Å². The minimum Gasteiger partial charge on any atom is -0.457 e. The molecule has 0 atom stereocenters. The lowest BCUT2D eigenvalue weighted by atomic mass is 9.93. The quantitative estimate of drug-likeness (QED) is 0.141. The molecule has 2 aliphatic rings. The van der Waals surface area contributed by atoms with E-state index in [4.69, 9.17) is 19.7 Å².